The van der Waals surface area contributed by atoms with E-state index in [4.69, 9.17) is 11.0 Å². The molecule has 176 valence electrons. The van der Waals surface area contributed by atoms with Gasteiger partial charge >= 0.3 is 0 Å². The molecule has 1 aromatic carbocycles. The van der Waals surface area contributed by atoms with Gasteiger partial charge in [0.25, 0.3) is 5.91 Å². The van der Waals surface area contributed by atoms with Crippen LogP contribution in [0.5, 0.6) is 0 Å². The van der Waals surface area contributed by atoms with Gasteiger partial charge in [0.2, 0.25) is 15.6 Å². The van der Waals surface area contributed by atoms with Crippen LogP contribution in [-0.4, -0.2) is 67.5 Å². The molecular weight excluding hydrogens is 444 g/mol. The molecule has 1 saturated heterocycles. The standard InChI is InChI=1S/C22H28N6O4S/c1-14(2)23-18-6-7-20(29)25-21(18)27-8-10-28(11-9-27)22(30)19-13-15-12-16(26-33(3,31)32)4-5-17(15)24-19/h4-7,12-14,23-24,26H,8-11H2,1-3H3,(H,25,29)/i8D2,9D2,10D2,11D2. The van der Waals surface area contributed by atoms with Gasteiger partial charge in [0, 0.05) is 54.7 Å². The Bertz CT molecular complexity index is 1660. The zero-order chi connectivity index (χ0) is 30.9. The third-order valence-corrected chi connectivity index (χ3v) is 5.08. The van der Waals surface area contributed by atoms with E-state index in [-0.39, 0.29) is 27.2 Å². The number of carbonyl (C=O) groups excluding carboxylic acids is 1. The molecule has 11 heteroatoms. The second-order valence-corrected chi connectivity index (χ2v) is 9.41. The molecule has 4 N–H and O–H groups in total. The van der Waals surface area contributed by atoms with E-state index in [1.54, 1.807) is 13.8 Å². The number of nitrogens with one attached hydrogen (secondary N) is 4. The molecule has 3 aromatic rings. The summed E-state index contributed by atoms with van der Waals surface area (Å²) in [4.78, 5) is 30.9. The van der Waals surface area contributed by atoms with Crippen molar-refractivity contribution in [1.29, 1.82) is 0 Å². The molecule has 0 atom stereocenters. The molecule has 0 unspecified atom stereocenters. The summed E-state index contributed by atoms with van der Waals surface area (Å²) in [5.41, 5.74) is -0.715. The van der Waals surface area contributed by atoms with Crippen LogP contribution in [0.4, 0.5) is 17.2 Å². The Morgan fingerprint density at radius 3 is 2.48 bits per heavy atom. The highest BCUT2D eigenvalue weighted by molar-refractivity contribution is 7.92. The molecule has 1 aliphatic rings. The lowest BCUT2D eigenvalue weighted by Crippen LogP contribution is -2.49. The number of carbonyl (C=O) groups is 1. The molecule has 10 nitrogen and oxygen atoms in total. The molecule has 1 amide bonds. The quantitative estimate of drug-likeness (QED) is 0.427. The number of nitrogens with zero attached hydrogens (tertiary/aromatic N) is 2. The molecule has 0 aliphatic carbocycles. The zero-order valence-electron chi connectivity index (χ0n) is 26.0. The van der Waals surface area contributed by atoms with Crippen LogP contribution in [0.3, 0.4) is 0 Å². The van der Waals surface area contributed by atoms with Crippen LogP contribution < -0.4 is 20.5 Å². The van der Waals surface area contributed by atoms with Crippen molar-refractivity contribution in [3.63, 3.8) is 0 Å². The number of piperazine rings is 1. The lowest BCUT2D eigenvalue weighted by molar-refractivity contribution is 0.0741. The molecule has 1 fully saturated rings. The minimum atomic E-state index is -3.62. The SMILES string of the molecule is [2H]C1([2H])N(C(=O)c2cc3cc(NS(C)(=O)=O)ccc3[nH]2)C([2H])([2H])C([2H])([2H])N(c2[nH]c(=O)ccc2NC(C)C)C1([2H])[2H]. The van der Waals surface area contributed by atoms with E-state index < -0.39 is 59.0 Å². The van der Waals surface area contributed by atoms with E-state index in [0.717, 1.165) is 12.3 Å². The number of anilines is 3. The number of aromatic nitrogens is 2. The topological polar surface area (TPSA) is 130 Å². The maximum absolute atomic E-state index is 13.7. The highest BCUT2D eigenvalue weighted by Crippen LogP contribution is 2.25. The lowest BCUT2D eigenvalue weighted by atomic mass is 10.2. The van der Waals surface area contributed by atoms with Crippen LogP contribution in [0, 0.1) is 0 Å². The zero-order valence-corrected chi connectivity index (χ0v) is 18.8. The van der Waals surface area contributed by atoms with Gasteiger partial charge < -0.3 is 25.1 Å². The Balaban J connectivity index is 1.85. The Hall–Kier alpha value is -3.47. The normalized spacial score (nSPS) is 24.4. The summed E-state index contributed by atoms with van der Waals surface area (Å²) in [7, 11) is -3.62. The van der Waals surface area contributed by atoms with Crippen LogP contribution in [-0.2, 0) is 10.0 Å². The fraction of sp³-hybridized carbons (Fsp3) is 0.364. The number of hydrogen-bond acceptors (Lipinski definition) is 6. The van der Waals surface area contributed by atoms with E-state index in [2.05, 4.69) is 20.0 Å². The number of rotatable bonds is 6. The molecule has 4 rings (SSSR count). The fourth-order valence-corrected chi connectivity index (χ4v) is 3.74. The van der Waals surface area contributed by atoms with Gasteiger partial charge in [0.15, 0.2) is 0 Å². The summed E-state index contributed by atoms with van der Waals surface area (Å²) in [6.07, 6.45) is 0.946. The highest BCUT2D eigenvalue weighted by atomic mass is 32.2. The van der Waals surface area contributed by atoms with Crippen LogP contribution in [0.2, 0.25) is 0 Å². The monoisotopic (exact) mass is 480 g/mol. The van der Waals surface area contributed by atoms with E-state index in [1.165, 1.54) is 30.3 Å². The summed E-state index contributed by atoms with van der Waals surface area (Å²) in [6.45, 7) is -10.5. The predicted octanol–water partition coefficient (Wildman–Crippen LogP) is 2.01. The average Bonchev–Trinajstić information content (AvgIpc) is 3.21. The molecule has 33 heavy (non-hydrogen) atoms. The minimum absolute atomic E-state index is 0.00727. The molecule has 2 aromatic heterocycles. The second-order valence-electron chi connectivity index (χ2n) is 7.67. The number of hydrogen-bond donors (Lipinski definition) is 4. The van der Waals surface area contributed by atoms with E-state index in [9.17, 15) is 18.0 Å². The summed E-state index contributed by atoms with van der Waals surface area (Å²) < 4.78 is 94.9. The van der Waals surface area contributed by atoms with Gasteiger partial charge in [-0.3, -0.25) is 14.3 Å². The van der Waals surface area contributed by atoms with Gasteiger partial charge in [-0.2, -0.15) is 0 Å². The van der Waals surface area contributed by atoms with E-state index in [0.29, 0.717) is 10.9 Å². The minimum Gasteiger partial charge on any atom is -0.380 e. The molecule has 0 bridgehead atoms. The van der Waals surface area contributed by atoms with Gasteiger partial charge in [-0.15, -0.1) is 0 Å². The third-order valence-electron chi connectivity index (χ3n) is 4.47. The van der Waals surface area contributed by atoms with Gasteiger partial charge in [-0.05, 0) is 44.2 Å². The van der Waals surface area contributed by atoms with Crippen molar-refractivity contribution < 1.29 is 24.2 Å². The number of pyridine rings is 1. The highest BCUT2D eigenvalue weighted by Gasteiger charge is 2.25. The number of H-pyrrole nitrogens is 2. The first kappa shape index (κ1) is 14.6. The first-order chi connectivity index (χ1) is 18.6. The van der Waals surface area contributed by atoms with Crippen molar-refractivity contribution in [3.05, 3.63) is 52.4 Å². The lowest BCUT2D eigenvalue weighted by Gasteiger charge is -2.36. The van der Waals surface area contributed by atoms with E-state index >= 15 is 0 Å². The molecular formula is C22H28N6O4S. The number of sulfonamides is 1. The molecule has 0 spiro atoms. The van der Waals surface area contributed by atoms with Crippen molar-refractivity contribution in [3.8, 4) is 0 Å². The maximum Gasteiger partial charge on any atom is 0.270 e. The van der Waals surface area contributed by atoms with Crippen LogP contribution in [0.1, 0.15) is 35.3 Å². The number of aromatic amines is 2. The molecule has 0 radical (unpaired) electrons. The van der Waals surface area contributed by atoms with Crippen LogP contribution >= 0.6 is 0 Å². The van der Waals surface area contributed by atoms with Gasteiger partial charge in [-0.25, -0.2) is 8.42 Å². The Labute approximate surface area is 203 Å². The van der Waals surface area contributed by atoms with Crippen molar-refractivity contribution in [1.82, 2.24) is 14.9 Å². The number of amides is 1. The summed E-state index contributed by atoms with van der Waals surface area (Å²) in [6, 6.07) is 7.42. The number of fused-ring (bicyclic) bond motifs is 1. The average molecular weight is 481 g/mol. The van der Waals surface area contributed by atoms with Crippen molar-refractivity contribution >= 4 is 44.0 Å². The van der Waals surface area contributed by atoms with Crippen molar-refractivity contribution in [2.24, 2.45) is 0 Å². The fourth-order valence-electron chi connectivity index (χ4n) is 3.18. The summed E-state index contributed by atoms with van der Waals surface area (Å²) in [5.74, 6) is -1.94. The molecule has 3 heterocycles. The van der Waals surface area contributed by atoms with E-state index in [1.807, 2.05) is 0 Å². The van der Waals surface area contributed by atoms with Gasteiger partial charge in [-0.1, -0.05) is 0 Å². The molecule has 1 aliphatic heterocycles. The Kier molecular flexibility index (Phi) is 3.91. The first-order valence-electron chi connectivity index (χ1n) is 13.9. The van der Waals surface area contributed by atoms with Crippen molar-refractivity contribution in [2.75, 3.05) is 47.2 Å². The van der Waals surface area contributed by atoms with Gasteiger partial charge in [0.05, 0.1) is 22.9 Å². The smallest absolute Gasteiger partial charge is 0.270 e. The summed E-state index contributed by atoms with van der Waals surface area (Å²) in [5, 5.41) is 3.19. The molecule has 0 saturated carbocycles. The largest absolute Gasteiger partial charge is 0.380 e. The van der Waals surface area contributed by atoms with Gasteiger partial charge in [0.1, 0.15) is 11.5 Å². The van der Waals surface area contributed by atoms with Crippen LogP contribution in [0.15, 0.2) is 41.2 Å². The summed E-state index contributed by atoms with van der Waals surface area (Å²) >= 11 is 0. The van der Waals surface area contributed by atoms with Crippen molar-refractivity contribution in [2.45, 2.75) is 19.9 Å². The Morgan fingerprint density at radius 2 is 1.82 bits per heavy atom. The van der Waals surface area contributed by atoms with Crippen LogP contribution in [0.25, 0.3) is 10.9 Å². The maximum atomic E-state index is 13.7. The Morgan fingerprint density at radius 1 is 1.09 bits per heavy atom. The number of benzene rings is 1. The predicted molar refractivity (Wildman–Crippen MR) is 131 cm³/mol. The first-order valence-corrected chi connectivity index (χ1v) is 11.8. The second kappa shape index (κ2) is 8.81. The third kappa shape index (κ3) is 5.30.